The molecule has 0 bridgehead atoms. The van der Waals surface area contributed by atoms with E-state index in [1.54, 1.807) is 6.08 Å². The highest BCUT2D eigenvalue weighted by Crippen LogP contribution is 2.19. The summed E-state index contributed by atoms with van der Waals surface area (Å²) < 4.78 is 0. The van der Waals surface area contributed by atoms with E-state index >= 15 is 0 Å². The number of aliphatic hydroxyl groups excluding tert-OH is 2. The minimum Gasteiger partial charge on any atom is -0.394 e. The largest absolute Gasteiger partial charge is 0.394 e. The maximum Gasteiger partial charge on any atom is 0.220 e. The van der Waals surface area contributed by atoms with Crippen LogP contribution in [0.15, 0.2) is 72.9 Å². The van der Waals surface area contributed by atoms with Crippen LogP contribution in [-0.2, 0) is 4.79 Å². The predicted molar refractivity (Wildman–Crippen MR) is 373 cm³/mol. The number of amides is 1. The Kier molecular flexibility index (Phi) is 72.1. The van der Waals surface area contributed by atoms with E-state index in [0.717, 1.165) is 57.8 Å². The molecule has 0 aromatic heterocycles. The van der Waals surface area contributed by atoms with Crippen molar-refractivity contribution < 1.29 is 15.0 Å². The van der Waals surface area contributed by atoms with E-state index in [0.29, 0.717) is 6.42 Å². The summed E-state index contributed by atoms with van der Waals surface area (Å²) in [6.45, 7) is 4.24. The number of aliphatic hydroxyl groups is 2. The molecule has 3 N–H and O–H groups in total. The summed E-state index contributed by atoms with van der Waals surface area (Å²) in [4.78, 5) is 12.6. The summed E-state index contributed by atoms with van der Waals surface area (Å²) in [5.74, 6) is -0.0565. The fraction of sp³-hybridized carbons (Fsp3) is 0.835. The maximum absolute atomic E-state index is 12.6. The van der Waals surface area contributed by atoms with Gasteiger partial charge in [0.25, 0.3) is 0 Å². The van der Waals surface area contributed by atoms with Crippen molar-refractivity contribution in [3.8, 4) is 0 Å². The van der Waals surface area contributed by atoms with Crippen molar-refractivity contribution in [2.75, 3.05) is 6.61 Å². The molecule has 0 saturated heterocycles. The Hall–Kier alpha value is -2.17. The highest BCUT2D eigenvalue weighted by atomic mass is 16.3. The van der Waals surface area contributed by atoms with Gasteiger partial charge in [-0.2, -0.15) is 0 Å². The van der Waals surface area contributed by atoms with Gasteiger partial charge in [0, 0.05) is 6.42 Å². The zero-order valence-electron chi connectivity index (χ0n) is 56.2. The quantitative estimate of drug-likeness (QED) is 0.0420. The number of nitrogens with one attached hydrogen (secondary N) is 1. The van der Waals surface area contributed by atoms with Gasteiger partial charge in [-0.25, -0.2) is 0 Å². The van der Waals surface area contributed by atoms with Gasteiger partial charge in [-0.15, -0.1) is 0 Å². The van der Waals surface area contributed by atoms with Gasteiger partial charge in [0.1, 0.15) is 0 Å². The average Bonchev–Trinajstić information content (AvgIpc) is 3.51. The van der Waals surface area contributed by atoms with Crippen molar-refractivity contribution in [3.63, 3.8) is 0 Å². The molecule has 0 saturated carbocycles. The standard InChI is InChI=1S/C79H147NO3/c1-3-5-7-9-11-13-15-17-19-21-23-25-27-29-31-33-35-37-38-39-40-41-42-43-45-47-49-51-53-55-57-59-61-63-65-67-69-71-73-75-79(83)80-77(76-81)78(82)74-72-70-68-66-64-62-60-58-56-54-52-50-48-46-44-36-34-32-30-28-26-24-22-20-18-16-14-12-10-8-6-4-2/h5,7,11,13,17,19,23,25,29,31,72,74,77-78,81-82H,3-4,6,8-10,12,14-16,18,20-22,24,26-28,30,32-71,73,75-76H2,1-2H3,(H,80,83)/b7-5-,13-11-,19-17-,25-23-,31-29-,74-72+. The number of hydrogen-bond donors (Lipinski definition) is 3. The van der Waals surface area contributed by atoms with Crippen molar-refractivity contribution in [3.05, 3.63) is 72.9 Å². The molecule has 0 spiro atoms. The zero-order chi connectivity index (χ0) is 59.8. The Balaban J connectivity index is 3.41. The number of allylic oxidation sites excluding steroid dienone is 11. The summed E-state index contributed by atoms with van der Waals surface area (Å²) in [6, 6.07) is -0.625. The Morgan fingerprint density at radius 2 is 0.530 bits per heavy atom. The van der Waals surface area contributed by atoms with Crippen molar-refractivity contribution in [1.82, 2.24) is 5.32 Å². The van der Waals surface area contributed by atoms with Gasteiger partial charge in [0.15, 0.2) is 0 Å². The van der Waals surface area contributed by atoms with E-state index in [9.17, 15) is 15.0 Å². The molecule has 0 aliphatic carbocycles. The molecule has 0 heterocycles. The molecular weight excluding hydrogens is 1010 g/mol. The van der Waals surface area contributed by atoms with Gasteiger partial charge >= 0.3 is 0 Å². The lowest BCUT2D eigenvalue weighted by Crippen LogP contribution is -2.45. The number of unbranched alkanes of at least 4 members (excludes halogenated alkanes) is 53. The fourth-order valence-corrected chi connectivity index (χ4v) is 11.8. The van der Waals surface area contributed by atoms with Gasteiger partial charge in [-0.05, 0) is 64.2 Å². The van der Waals surface area contributed by atoms with E-state index < -0.39 is 12.1 Å². The Morgan fingerprint density at radius 3 is 0.795 bits per heavy atom. The fourth-order valence-electron chi connectivity index (χ4n) is 11.8. The van der Waals surface area contributed by atoms with Gasteiger partial charge in [0.2, 0.25) is 5.91 Å². The molecule has 4 nitrogen and oxygen atoms in total. The van der Waals surface area contributed by atoms with Crippen molar-refractivity contribution in [1.29, 1.82) is 0 Å². The second-order valence-electron chi connectivity index (χ2n) is 25.7. The molecule has 4 heteroatoms. The SMILES string of the molecule is CC/C=C\C/C=C\C/C=C\C/C=C\C/C=C\CCCCCCCCCCCCCCCCCCCCCCCCCC(=O)NC(CO)C(O)/C=C/CCCCCCCCCCCCCCCCCCCCCCCCCCCCCCCC. The van der Waals surface area contributed by atoms with E-state index in [1.165, 1.54) is 327 Å². The average molecular weight is 1160 g/mol. The van der Waals surface area contributed by atoms with E-state index in [1.807, 2.05) is 6.08 Å². The zero-order valence-corrected chi connectivity index (χ0v) is 56.2. The van der Waals surface area contributed by atoms with Crippen molar-refractivity contribution >= 4 is 5.91 Å². The number of hydrogen-bond acceptors (Lipinski definition) is 3. The van der Waals surface area contributed by atoms with Crippen LogP contribution < -0.4 is 5.32 Å². The minimum absolute atomic E-state index is 0.0565. The molecule has 0 rings (SSSR count). The molecular formula is C79H147NO3. The maximum atomic E-state index is 12.6. The topological polar surface area (TPSA) is 69.6 Å². The third-order valence-corrected chi connectivity index (χ3v) is 17.4. The summed E-state index contributed by atoms with van der Waals surface area (Å²) in [5.41, 5.74) is 0. The van der Waals surface area contributed by atoms with Crippen LogP contribution >= 0.6 is 0 Å². The lowest BCUT2D eigenvalue weighted by Gasteiger charge is -2.20. The van der Waals surface area contributed by atoms with Gasteiger partial charge in [0.05, 0.1) is 18.8 Å². The van der Waals surface area contributed by atoms with E-state index in [-0.39, 0.29) is 12.5 Å². The van der Waals surface area contributed by atoms with Crippen LogP contribution in [0.3, 0.4) is 0 Å². The summed E-state index contributed by atoms with van der Waals surface area (Å²) in [6.07, 6.45) is 107. The van der Waals surface area contributed by atoms with E-state index in [4.69, 9.17) is 0 Å². The van der Waals surface area contributed by atoms with Crippen LogP contribution in [-0.4, -0.2) is 34.9 Å². The van der Waals surface area contributed by atoms with Crippen LogP contribution in [0.2, 0.25) is 0 Å². The Bertz CT molecular complexity index is 1410. The third-order valence-electron chi connectivity index (χ3n) is 17.4. The Morgan fingerprint density at radius 1 is 0.301 bits per heavy atom. The molecule has 2 unspecified atom stereocenters. The van der Waals surface area contributed by atoms with Crippen LogP contribution in [0.5, 0.6) is 0 Å². The summed E-state index contributed by atoms with van der Waals surface area (Å²) in [7, 11) is 0. The number of carbonyl (C=O) groups excluding carboxylic acids is 1. The molecule has 2 atom stereocenters. The lowest BCUT2D eigenvalue weighted by atomic mass is 10.0. The van der Waals surface area contributed by atoms with Crippen LogP contribution in [0.25, 0.3) is 0 Å². The summed E-state index contributed by atoms with van der Waals surface area (Å²) in [5, 5.41) is 23.3. The first-order chi connectivity index (χ1) is 41.2. The first kappa shape index (κ1) is 80.8. The second-order valence-corrected chi connectivity index (χ2v) is 25.7. The lowest BCUT2D eigenvalue weighted by molar-refractivity contribution is -0.123. The molecule has 0 aliphatic rings. The first-order valence-corrected chi connectivity index (χ1v) is 37.7. The molecule has 0 fully saturated rings. The minimum atomic E-state index is -0.842. The third kappa shape index (κ3) is 70.5. The number of rotatable bonds is 70. The molecule has 0 radical (unpaired) electrons. The van der Waals surface area contributed by atoms with Crippen molar-refractivity contribution in [2.45, 2.75) is 418 Å². The number of carbonyl (C=O) groups is 1. The molecule has 0 aromatic rings. The van der Waals surface area contributed by atoms with Gasteiger partial charge < -0.3 is 15.5 Å². The highest BCUT2D eigenvalue weighted by molar-refractivity contribution is 5.76. The molecule has 486 valence electrons. The smallest absolute Gasteiger partial charge is 0.220 e. The van der Waals surface area contributed by atoms with Crippen molar-refractivity contribution in [2.24, 2.45) is 0 Å². The van der Waals surface area contributed by atoms with E-state index in [2.05, 4.69) is 79.9 Å². The normalized spacial score (nSPS) is 13.1. The molecule has 83 heavy (non-hydrogen) atoms. The highest BCUT2D eigenvalue weighted by Gasteiger charge is 2.18. The van der Waals surface area contributed by atoms with Crippen LogP contribution in [0, 0.1) is 0 Å². The van der Waals surface area contributed by atoms with Crippen LogP contribution in [0.4, 0.5) is 0 Å². The van der Waals surface area contributed by atoms with Gasteiger partial charge in [-0.3, -0.25) is 4.79 Å². The monoisotopic (exact) mass is 1160 g/mol. The van der Waals surface area contributed by atoms with Crippen LogP contribution in [0.1, 0.15) is 406 Å². The summed E-state index contributed by atoms with van der Waals surface area (Å²) >= 11 is 0. The second kappa shape index (κ2) is 74.1. The van der Waals surface area contributed by atoms with Gasteiger partial charge in [-0.1, -0.05) is 408 Å². The predicted octanol–water partition coefficient (Wildman–Crippen LogP) is 26.0. The Labute approximate surface area is 520 Å². The molecule has 0 aromatic carbocycles. The molecule has 0 aliphatic heterocycles. The first-order valence-electron chi connectivity index (χ1n) is 37.7. The molecule has 1 amide bonds.